The maximum Gasteiger partial charge on any atom is 0.0924 e. The van der Waals surface area contributed by atoms with Gasteiger partial charge in [0.25, 0.3) is 0 Å². The van der Waals surface area contributed by atoms with Gasteiger partial charge in [-0.2, -0.15) is 0 Å². The van der Waals surface area contributed by atoms with E-state index in [1.807, 2.05) is 13.1 Å². The molecule has 84 valence electrons. The highest BCUT2D eigenvalue weighted by molar-refractivity contribution is 5.58. The van der Waals surface area contributed by atoms with Gasteiger partial charge in [-0.15, -0.1) is 6.58 Å². The highest BCUT2D eigenvalue weighted by atomic mass is 14.9. The van der Waals surface area contributed by atoms with Crippen LogP contribution in [0.2, 0.25) is 0 Å². The fourth-order valence-corrected chi connectivity index (χ4v) is 1.33. The van der Waals surface area contributed by atoms with Crippen LogP contribution in [0.5, 0.6) is 0 Å². The first-order valence-electron chi connectivity index (χ1n) is 5.46. The fourth-order valence-electron chi connectivity index (χ4n) is 1.33. The summed E-state index contributed by atoms with van der Waals surface area (Å²) in [6, 6.07) is 8.53. The minimum Gasteiger partial charge on any atom is -0.345 e. The van der Waals surface area contributed by atoms with Crippen molar-refractivity contribution in [3.05, 3.63) is 55.0 Å². The van der Waals surface area contributed by atoms with Crippen LogP contribution < -0.4 is 0 Å². The summed E-state index contributed by atoms with van der Waals surface area (Å²) in [6.45, 7) is 7.41. The molecule has 0 amide bonds. The predicted molar refractivity (Wildman–Crippen MR) is 69.3 cm³/mol. The Labute approximate surface area is 97.1 Å². The Morgan fingerprint density at radius 3 is 2.38 bits per heavy atom. The molecule has 2 nitrogen and oxygen atoms in total. The average Bonchev–Trinajstić information content (AvgIpc) is 2.84. The van der Waals surface area contributed by atoms with Crippen molar-refractivity contribution in [2.45, 2.75) is 20.3 Å². The Bertz CT molecular complexity index is 399. The van der Waals surface area contributed by atoms with Crippen LogP contribution in [0, 0.1) is 0 Å². The third-order valence-electron chi connectivity index (χ3n) is 2.17. The quantitative estimate of drug-likeness (QED) is 0.756. The van der Waals surface area contributed by atoms with Crippen molar-refractivity contribution in [3.63, 3.8) is 0 Å². The standard InChI is InChI=1S/C11H12N2.C3H6/c1-2-9-3-5-10(6-4-9)11-7-12-8-13-11;1-3-2/h3-8H,2H2,1H3,(H,12,13);3H,1H2,2H3. The van der Waals surface area contributed by atoms with E-state index in [9.17, 15) is 0 Å². The molecule has 1 heterocycles. The van der Waals surface area contributed by atoms with E-state index < -0.39 is 0 Å². The van der Waals surface area contributed by atoms with E-state index in [4.69, 9.17) is 0 Å². The van der Waals surface area contributed by atoms with E-state index in [2.05, 4.69) is 47.7 Å². The molecule has 2 heteroatoms. The zero-order valence-corrected chi connectivity index (χ0v) is 9.90. The number of H-pyrrole nitrogens is 1. The number of allylic oxidation sites excluding steroid dienone is 1. The molecule has 0 atom stereocenters. The first kappa shape index (κ1) is 12.2. The largest absolute Gasteiger partial charge is 0.345 e. The zero-order valence-electron chi connectivity index (χ0n) is 9.90. The van der Waals surface area contributed by atoms with Crippen LogP contribution in [0.25, 0.3) is 11.3 Å². The number of nitrogens with zero attached hydrogens (tertiary/aromatic N) is 1. The second kappa shape index (κ2) is 6.62. The molecular weight excluding hydrogens is 196 g/mol. The van der Waals surface area contributed by atoms with Crippen LogP contribution in [0.1, 0.15) is 19.4 Å². The SMILES string of the molecule is C=CC.CCc1ccc(-c2cnc[nH]2)cc1. The van der Waals surface area contributed by atoms with Gasteiger partial charge in [-0.1, -0.05) is 37.3 Å². The van der Waals surface area contributed by atoms with Crippen molar-refractivity contribution in [2.24, 2.45) is 0 Å². The number of aromatic nitrogens is 2. The molecule has 0 aliphatic carbocycles. The minimum absolute atomic E-state index is 1.07. The molecule has 0 bridgehead atoms. The molecule has 0 saturated carbocycles. The molecule has 16 heavy (non-hydrogen) atoms. The molecule has 0 radical (unpaired) electrons. The van der Waals surface area contributed by atoms with Crippen LogP contribution in [0.3, 0.4) is 0 Å². The van der Waals surface area contributed by atoms with Gasteiger partial charge in [0.15, 0.2) is 0 Å². The number of rotatable bonds is 2. The van der Waals surface area contributed by atoms with Crippen LogP contribution in [-0.2, 0) is 6.42 Å². The Morgan fingerprint density at radius 2 is 1.94 bits per heavy atom. The van der Waals surface area contributed by atoms with Crippen LogP contribution in [-0.4, -0.2) is 9.97 Å². The topological polar surface area (TPSA) is 28.7 Å². The number of hydrogen-bond donors (Lipinski definition) is 1. The zero-order chi connectivity index (χ0) is 11.8. The van der Waals surface area contributed by atoms with E-state index >= 15 is 0 Å². The molecule has 2 rings (SSSR count). The second-order valence-corrected chi connectivity index (χ2v) is 3.42. The first-order valence-corrected chi connectivity index (χ1v) is 5.46. The monoisotopic (exact) mass is 214 g/mol. The summed E-state index contributed by atoms with van der Waals surface area (Å²) in [5.74, 6) is 0. The number of hydrogen-bond acceptors (Lipinski definition) is 1. The Hall–Kier alpha value is -1.83. The van der Waals surface area contributed by atoms with Gasteiger partial charge in [-0.3, -0.25) is 0 Å². The predicted octanol–water partition coefficient (Wildman–Crippen LogP) is 3.83. The van der Waals surface area contributed by atoms with E-state index in [0.29, 0.717) is 0 Å². The lowest BCUT2D eigenvalue weighted by atomic mass is 10.1. The molecule has 2 aromatic rings. The van der Waals surface area contributed by atoms with Gasteiger partial charge in [-0.25, -0.2) is 4.98 Å². The van der Waals surface area contributed by atoms with Crippen molar-refractivity contribution in [1.82, 2.24) is 9.97 Å². The summed E-state index contributed by atoms with van der Waals surface area (Å²) in [4.78, 5) is 7.07. The lowest BCUT2D eigenvalue weighted by Gasteiger charge is -1.99. The third kappa shape index (κ3) is 3.39. The van der Waals surface area contributed by atoms with E-state index in [0.717, 1.165) is 12.1 Å². The van der Waals surface area contributed by atoms with Crippen molar-refractivity contribution >= 4 is 0 Å². The summed E-state index contributed by atoms with van der Waals surface area (Å²) in [5.41, 5.74) is 3.63. The third-order valence-corrected chi connectivity index (χ3v) is 2.17. The van der Waals surface area contributed by atoms with Gasteiger partial charge < -0.3 is 4.98 Å². The summed E-state index contributed by atoms with van der Waals surface area (Å²) in [7, 11) is 0. The minimum atomic E-state index is 1.07. The first-order chi connectivity index (χ1) is 7.81. The van der Waals surface area contributed by atoms with Crippen molar-refractivity contribution < 1.29 is 0 Å². The molecular formula is C14H18N2. The number of aromatic amines is 1. The highest BCUT2D eigenvalue weighted by Gasteiger charge is 1.97. The summed E-state index contributed by atoms with van der Waals surface area (Å²) >= 11 is 0. The van der Waals surface area contributed by atoms with Gasteiger partial charge in [0, 0.05) is 0 Å². The maximum atomic E-state index is 3.99. The number of aryl methyl sites for hydroxylation is 1. The van der Waals surface area contributed by atoms with Crippen LogP contribution in [0.4, 0.5) is 0 Å². The Morgan fingerprint density at radius 1 is 1.31 bits per heavy atom. The Balaban J connectivity index is 0.000000386. The summed E-state index contributed by atoms with van der Waals surface area (Å²) in [5, 5.41) is 0. The summed E-state index contributed by atoms with van der Waals surface area (Å²) < 4.78 is 0. The lowest BCUT2D eigenvalue weighted by Crippen LogP contribution is -1.80. The van der Waals surface area contributed by atoms with Gasteiger partial charge in [0.1, 0.15) is 0 Å². The smallest absolute Gasteiger partial charge is 0.0924 e. The molecule has 1 aromatic carbocycles. The van der Waals surface area contributed by atoms with Crippen molar-refractivity contribution in [3.8, 4) is 11.3 Å². The van der Waals surface area contributed by atoms with Gasteiger partial charge >= 0.3 is 0 Å². The number of nitrogens with one attached hydrogen (secondary N) is 1. The van der Waals surface area contributed by atoms with Crippen LogP contribution in [0.15, 0.2) is 49.4 Å². The molecule has 0 aliphatic rings. The highest BCUT2D eigenvalue weighted by Crippen LogP contribution is 2.16. The Kier molecular flexibility index (Phi) is 5.06. The molecule has 0 unspecified atom stereocenters. The van der Waals surface area contributed by atoms with Crippen molar-refractivity contribution in [2.75, 3.05) is 0 Å². The molecule has 0 saturated heterocycles. The normalized spacial score (nSPS) is 9.12. The van der Waals surface area contributed by atoms with E-state index in [1.54, 1.807) is 12.4 Å². The van der Waals surface area contributed by atoms with E-state index in [-0.39, 0.29) is 0 Å². The maximum absolute atomic E-state index is 3.99. The van der Waals surface area contributed by atoms with Gasteiger partial charge in [0.2, 0.25) is 0 Å². The van der Waals surface area contributed by atoms with Gasteiger partial charge in [0.05, 0.1) is 18.2 Å². The molecule has 1 N–H and O–H groups in total. The second-order valence-electron chi connectivity index (χ2n) is 3.42. The lowest BCUT2D eigenvalue weighted by molar-refractivity contribution is 1.14. The number of benzene rings is 1. The van der Waals surface area contributed by atoms with Crippen molar-refractivity contribution in [1.29, 1.82) is 0 Å². The van der Waals surface area contributed by atoms with Gasteiger partial charge in [-0.05, 0) is 24.5 Å². The molecule has 1 aromatic heterocycles. The molecule has 0 fully saturated rings. The molecule has 0 spiro atoms. The fraction of sp³-hybridized carbons (Fsp3) is 0.214. The molecule has 0 aliphatic heterocycles. The summed E-state index contributed by atoms with van der Waals surface area (Å²) in [6.07, 6.45) is 6.37. The average molecular weight is 214 g/mol. The van der Waals surface area contributed by atoms with Crippen LogP contribution >= 0.6 is 0 Å². The number of imidazole rings is 1. The van der Waals surface area contributed by atoms with E-state index in [1.165, 1.54) is 11.1 Å².